The van der Waals surface area contributed by atoms with E-state index in [0.717, 1.165) is 0 Å². The van der Waals surface area contributed by atoms with E-state index in [9.17, 15) is 14.7 Å². The molecule has 0 aliphatic heterocycles. The maximum absolute atomic E-state index is 11.3. The van der Waals surface area contributed by atoms with Gasteiger partial charge in [0.25, 0.3) is 0 Å². The van der Waals surface area contributed by atoms with Crippen LogP contribution < -0.4 is 9.47 Å². The first kappa shape index (κ1) is 15.0. The molecule has 1 unspecified atom stereocenters. The molecule has 0 saturated heterocycles. The van der Waals surface area contributed by atoms with Crippen LogP contribution in [0.3, 0.4) is 0 Å². The average Bonchev–Trinajstić information content (AvgIpc) is 2.38. The first-order chi connectivity index (χ1) is 8.84. The van der Waals surface area contributed by atoms with Gasteiger partial charge in [0.1, 0.15) is 0 Å². The Morgan fingerprint density at radius 2 is 1.95 bits per heavy atom. The third-order valence-electron chi connectivity index (χ3n) is 3.03. The number of ketones is 1. The van der Waals surface area contributed by atoms with Crippen LogP contribution in [0.25, 0.3) is 0 Å². The summed E-state index contributed by atoms with van der Waals surface area (Å²) in [5.74, 6) is -0.498. The van der Waals surface area contributed by atoms with E-state index in [1.165, 1.54) is 27.0 Å². The van der Waals surface area contributed by atoms with Crippen molar-refractivity contribution in [3.63, 3.8) is 0 Å². The van der Waals surface area contributed by atoms with Gasteiger partial charge in [-0.25, -0.2) is 4.79 Å². The van der Waals surface area contributed by atoms with Crippen LogP contribution in [0.4, 0.5) is 0 Å². The first-order valence-corrected chi connectivity index (χ1v) is 5.95. The van der Waals surface area contributed by atoms with E-state index in [-0.39, 0.29) is 5.78 Å². The molecule has 0 bridgehead atoms. The monoisotopic (exact) mass is 266 g/mol. The molecule has 19 heavy (non-hydrogen) atoms. The van der Waals surface area contributed by atoms with Crippen molar-refractivity contribution in [1.29, 1.82) is 0 Å². The van der Waals surface area contributed by atoms with Gasteiger partial charge in [0.15, 0.2) is 17.3 Å². The van der Waals surface area contributed by atoms with Crippen LogP contribution in [0.1, 0.15) is 37.6 Å². The zero-order chi connectivity index (χ0) is 14.6. The Kier molecular flexibility index (Phi) is 4.53. The minimum atomic E-state index is -1.33. The predicted molar refractivity (Wildman–Crippen MR) is 70.0 cm³/mol. The molecule has 1 aromatic carbocycles. The van der Waals surface area contributed by atoms with Crippen molar-refractivity contribution in [3.05, 3.63) is 23.8 Å². The third-order valence-corrected chi connectivity index (χ3v) is 3.03. The van der Waals surface area contributed by atoms with E-state index in [1.54, 1.807) is 19.1 Å². The summed E-state index contributed by atoms with van der Waals surface area (Å²) in [6.07, 6.45) is 0.306. The molecule has 0 fully saturated rings. The Morgan fingerprint density at radius 1 is 1.32 bits per heavy atom. The van der Waals surface area contributed by atoms with Crippen molar-refractivity contribution in [2.45, 2.75) is 32.8 Å². The Bertz CT molecular complexity index is 495. The molecule has 1 N–H and O–H groups in total. The maximum Gasteiger partial charge on any atom is 0.347 e. The zero-order valence-electron chi connectivity index (χ0n) is 11.5. The number of hydrogen-bond donors (Lipinski definition) is 1. The van der Waals surface area contributed by atoms with Crippen molar-refractivity contribution >= 4 is 11.8 Å². The van der Waals surface area contributed by atoms with Crippen molar-refractivity contribution < 1.29 is 24.2 Å². The van der Waals surface area contributed by atoms with Gasteiger partial charge in [0.2, 0.25) is 5.60 Å². The second-order valence-electron chi connectivity index (χ2n) is 4.41. The van der Waals surface area contributed by atoms with Crippen LogP contribution in [0.5, 0.6) is 11.5 Å². The van der Waals surface area contributed by atoms with Gasteiger partial charge in [-0.3, -0.25) is 4.79 Å². The fourth-order valence-electron chi connectivity index (χ4n) is 1.48. The van der Waals surface area contributed by atoms with Crippen molar-refractivity contribution in [2.24, 2.45) is 0 Å². The van der Waals surface area contributed by atoms with Crippen molar-refractivity contribution in [3.8, 4) is 11.5 Å². The predicted octanol–water partition coefficient (Wildman–Crippen LogP) is 2.53. The van der Waals surface area contributed by atoms with Gasteiger partial charge in [0.05, 0.1) is 7.11 Å². The molecule has 104 valence electrons. The third kappa shape index (κ3) is 3.24. The van der Waals surface area contributed by atoms with Gasteiger partial charge in [-0.1, -0.05) is 6.92 Å². The summed E-state index contributed by atoms with van der Waals surface area (Å²) < 4.78 is 10.7. The minimum Gasteiger partial charge on any atom is -0.493 e. The highest BCUT2D eigenvalue weighted by Gasteiger charge is 2.34. The standard InChI is InChI=1S/C14H18O5/c1-5-14(3,13(16)17)19-11-7-6-10(9(2)15)8-12(11)18-4/h6-8H,5H2,1-4H3,(H,16,17). The van der Waals surface area contributed by atoms with Crippen LogP contribution in [0.15, 0.2) is 18.2 Å². The molecular formula is C14H18O5. The highest BCUT2D eigenvalue weighted by Crippen LogP contribution is 2.32. The van der Waals surface area contributed by atoms with Crippen LogP contribution in [-0.4, -0.2) is 29.6 Å². The van der Waals surface area contributed by atoms with E-state index in [1.807, 2.05) is 0 Å². The number of rotatable bonds is 6. The molecule has 0 amide bonds. The number of methoxy groups -OCH3 is 1. The fraction of sp³-hybridized carbons (Fsp3) is 0.429. The Balaban J connectivity index is 3.14. The normalized spacial score (nSPS) is 13.5. The highest BCUT2D eigenvalue weighted by molar-refractivity contribution is 5.94. The second kappa shape index (κ2) is 5.73. The lowest BCUT2D eigenvalue weighted by Gasteiger charge is -2.25. The molecule has 0 aliphatic carbocycles. The molecular weight excluding hydrogens is 248 g/mol. The molecule has 0 saturated carbocycles. The van der Waals surface area contributed by atoms with Gasteiger partial charge in [0, 0.05) is 5.56 Å². The lowest BCUT2D eigenvalue weighted by molar-refractivity contribution is -0.154. The fourth-order valence-corrected chi connectivity index (χ4v) is 1.48. The van der Waals surface area contributed by atoms with E-state index >= 15 is 0 Å². The summed E-state index contributed by atoms with van der Waals surface area (Å²) in [6.45, 7) is 4.67. The average molecular weight is 266 g/mol. The molecule has 1 atom stereocenters. The molecule has 0 aliphatic rings. The number of ether oxygens (including phenoxy) is 2. The van der Waals surface area contributed by atoms with Crippen LogP contribution >= 0.6 is 0 Å². The number of hydrogen-bond acceptors (Lipinski definition) is 4. The molecule has 1 aromatic rings. The summed E-state index contributed by atoms with van der Waals surface area (Å²) in [6, 6.07) is 4.67. The van der Waals surface area contributed by atoms with Gasteiger partial charge < -0.3 is 14.6 Å². The molecule has 1 rings (SSSR count). The topological polar surface area (TPSA) is 72.8 Å². The van der Waals surface area contributed by atoms with Gasteiger partial charge in [-0.05, 0) is 38.5 Å². The number of aliphatic carboxylic acids is 1. The zero-order valence-corrected chi connectivity index (χ0v) is 11.5. The number of carboxylic acids is 1. The lowest BCUT2D eigenvalue weighted by atomic mass is 10.0. The molecule has 0 aromatic heterocycles. The second-order valence-corrected chi connectivity index (χ2v) is 4.41. The minimum absolute atomic E-state index is 0.0960. The SMILES string of the molecule is CCC(C)(Oc1ccc(C(C)=O)cc1OC)C(=O)O. The Hall–Kier alpha value is -2.04. The van der Waals surface area contributed by atoms with Crippen molar-refractivity contribution in [1.82, 2.24) is 0 Å². The largest absolute Gasteiger partial charge is 0.493 e. The van der Waals surface area contributed by atoms with E-state index in [4.69, 9.17) is 9.47 Å². The quantitative estimate of drug-likeness (QED) is 0.801. The summed E-state index contributed by atoms with van der Waals surface area (Å²) in [5, 5.41) is 9.18. The summed E-state index contributed by atoms with van der Waals surface area (Å²) in [4.78, 5) is 22.5. The molecule has 0 heterocycles. The Labute approximate surface area is 112 Å². The lowest BCUT2D eigenvalue weighted by Crippen LogP contribution is -2.40. The highest BCUT2D eigenvalue weighted by atomic mass is 16.5. The summed E-state index contributed by atoms with van der Waals surface area (Å²) in [7, 11) is 1.44. The number of carbonyl (C=O) groups is 2. The van der Waals surface area contributed by atoms with E-state index in [2.05, 4.69) is 0 Å². The van der Waals surface area contributed by atoms with Gasteiger partial charge in [-0.2, -0.15) is 0 Å². The number of carbonyl (C=O) groups excluding carboxylic acids is 1. The molecule has 5 heteroatoms. The number of benzene rings is 1. The van der Waals surface area contributed by atoms with E-state index < -0.39 is 11.6 Å². The van der Waals surface area contributed by atoms with Gasteiger partial charge >= 0.3 is 5.97 Å². The molecule has 0 spiro atoms. The summed E-state index contributed by atoms with van der Waals surface area (Å²) in [5.41, 5.74) is -0.844. The summed E-state index contributed by atoms with van der Waals surface area (Å²) >= 11 is 0. The first-order valence-electron chi connectivity index (χ1n) is 5.95. The van der Waals surface area contributed by atoms with Crippen LogP contribution in [-0.2, 0) is 4.79 Å². The number of Topliss-reactive ketones (excluding diaryl/α,β-unsaturated/α-hetero) is 1. The van der Waals surface area contributed by atoms with Crippen molar-refractivity contribution in [2.75, 3.05) is 7.11 Å². The Morgan fingerprint density at radius 3 is 2.37 bits per heavy atom. The van der Waals surface area contributed by atoms with Crippen LogP contribution in [0, 0.1) is 0 Å². The molecule has 0 radical (unpaired) electrons. The van der Waals surface area contributed by atoms with Crippen LogP contribution in [0.2, 0.25) is 0 Å². The number of carboxylic acid groups (broad SMARTS) is 1. The van der Waals surface area contributed by atoms with Gasteiger partial charge in [-0.15, -0.1) is 0 Å². The smallest absolute Gasteiger partial charge is 0.347 e. The van der Waals surface area contributed by atoms with E-state index in [0.29, 0.717) is 23.5 Å². The molecule has 5 nitrogen and oxygen atoms in total. The maximum atomic E-state index is 11.3.